The van der Waals surface area contributed by atoms with Crippen LogP contribution < -0.4 is 0 Å². The molecule has 1 aliphatic heterocycles. The van der Waals surface area contributed by atoms with Gasteiger partial charge in [-0.15, -0.1) is 0 Å². The topological polar surface area (TPSA) is 66.3 Å². The van der Waals surface area contributed by atoms with Crippen LogP contribution in [0.1, 0.15) is 28.3 Å². The lowest BCUT2D eigenvalue weighted by Gasteiger charge is -2.29. The lowest BCUT2D eigenvalue weighted by atomic mass is 10.2. The molecule has 2 heterocycles. The predicted molar refractivity (Wildman–Crippen MR) is 53.6 cm³/mol. The van der Waals surface area contributed by atoms with E-state index in [0.717, 1.165) is 13.1 Å². The third-order valence-corrected chi connectivity index (χ3v) is 2.54. The van der Waals surface area contributed by atoms with Gasteiger partial charge in [0, 0.05) is 11.8 Å². The standard InChI is InChI=1S/C10H13N3O2/c1-7-5-11-8(6-13-3-2-4-13)12-9(7)10(14)15/h5H,2-4,6H2,1H3,(H,14,15). The van der Waals surface area contributed by atoms with Crippen LogP contribution in [0.25, 0.3) is 0 Å². The number of carbonyl (C=O) groups is 1. The van der Waals surface area contributed by atoms with Gasteiger partial charge in [0.2, 0.25) is 0 Å². The van der Waals surface area contributed by atoms with Crippen LogP contribution in [-0.2, 0) is 6.54 Å². The number of carboxylic acid groups (broad SMARTS) is 1. The van der Waals surface area contributed by atoms with Crippen molar-refractivity contribution in [2.75, 3.05) is 13.1 Å². The molecule has 0 aliphatic carbocycles. The molecule has 1 saturated heterocycles. The highest BCUT2D eigenvalue weighted by Crippen LogP contribution is 2.10. The summed E-state index contributed by atoms with van der Waals surface area (Å²) in [6.45, 7) is 4.47. The zero-order valence-corrected chi connectivity index (χ0v) is 8.60. The number of likely N-dealkylation sites (tertiary alicyclic amines) is 1. The van der Waals surface area contributed by atoms with Crippen LogP contribution in [0.15, 0.2) is 6.20 Å². The first-order valence-corrected chi connectivity index (χ1v) is 4.95. The highest BCUT2D eigenvalue weighted by atomic mass is 16.4. The van der Waals surface area contributed by atoms with E-state index in [-0.39, 0.29) is 5.69 Å². The van der Waals surface area contributed by atoms with E-state index in [2.05, 4.69) is 14.9 Å². The maximum atomic E-state index is 10.8. The Bertz CT molecular complexity index is 388. The van der Waals surface area contributed by atoms with Gasteiger partial charge < -0.3 is 5.11 Å². The summed E-state index contributed by atoms with van der Waals surface area (Å²) in [7, 11) is 0. The minimum Gasteiger partial charge on any atom is -0.477 e. The summed E-state index contributed by atoms with van der Waals surface area (Å²) in [6, 6.07) is 0. The second-order valence-corrected chi connectivity index (χ2v) is 3.75. The average Bonchev–Trinajstić information content (AvgIpc) is 2.13. The minimum absolute atomic E-state index is 0.112. The van der Waals surface area contributed by atoms with Gasteiger partial charge >= 0.3 is 5.97 Å². The van der Waals surface area contributed by atoms with Crippen molar-refractivity contribution in [2.24, 2.45) is 0 Å². The van der Waals surface area contributed by atoms with E-state index < -0.39 is 5.97 Å². The van der Waals surface area contributed by atoms with Crippen LogP contribution in [-0.4, -0.2) is 39.0 Å². The van der Waals surface area contributed by atoms with E-state index in [0.29, 0.717) is 17.9 Å². The molecule has 2 rings (SSSR count). The fourth-order valence-corrected chi connectivity index (χ4v) is 1.51. The molecular formula is C10H13N3O2. The number of rotatable bonds is 3. The summed E-state index contributed by atoms with van der Waals surface area (Å²) in [5, 5.41) is 8.89. The second-order valence-electron chi connectivity index (χ2n) is 3.75. The largest absolute Gasteiger partial charge is 0.477 e. The van der Waals surface area contributed by atoms with Crippen molar-refractivity contribution in [2.45, 2.75) is 19.9 Å². The molecule has 80 valence electrons. The van der Waals surface area contributed by atoms with E-state index in [4.69, 9.17) is 5.11 Å². The Kier molecular flexibility index (Phi) is 2.64. The summed E-state index contributed by atoms with van der Waals surface area (Å²) < 4.78 is 0. The van der Waals surface area contributed by atoms with Crippen molar-refractivity contribution in [3.63, 3.8) is 0 Å². The van der Waals surface area contributed by atoms with Crippen molar-refractivity contribution in [3.05, 3.63) is 23.3 Å². The fraction of sp³-hybridized carbons (Fsp3) is 0.500. The first-order valence-electron chi connectivity index (χ1n) is 4.95. The third-order valence-electron chi connectivity index (χ3n) is 2.54. The molecule has 1 fully saturated rings. The summed E-state index contributed by atoms with van der Waals surface area (Å²) >= 11 is 0. The molecule has 0 amide bonds. The Morgan fingerprint density at radius 3 is 2.87 bits per heavy atom. The lowest BCUT2D eigenvalue weighted by Crippen LogP contribution is -2.37. The summed E-state index contributed by atoms with van der Waals surface area (Å²) in [4.78, 5) is 21.2. The van der Waals surface area contributed by atoms with Gasteiger partial charge in [-0.05, 0) is 26.4 Å². The molecule has 1 aromatic heterocycles. The molecule has 0 spiro atoms. The molecule has 0 bridgehead atoms. The molecule has 15 heavy (non-hydrogen) atoms. The predicted octanol–water partition coefficient (Wildman–Crippen LogP) is 0.689. The maximum absolute atomic E-state index is 10.8. The van der Waals surface area contributed by atoms with Gasteiger partial charge in [-0.1, -0.05) is 0 Å². The van der Waals surface area contributed by atoms with Crippen molar-refractivity contribution < 1.29 is 9.90 Å². The molecule has 5 nitrogen and oxygen atoms in total. The molecule has 0 aromatic carbocycles. The number of aryl methyl sites for hydroxylation is 1. The number of aromatic nitrogens is 2. The van der Waals surface area contributed by atoms with E-state index in [1.165, 1.54) is 6.42 Å². The first kappa shape index (κ1) is 10.0. The Morgan fingerprint density at radius 1 is 1.60 bits per heavy atom. The monoisotopic (exact) mass is 207 g/mol. The Balaban J connectivity index is 2.17. The smallest absolute Gasteiger partial charge is 0.354 e. The summed E-state index contributed by atoms with van der Waals surface area (Å²) in [6.07, 6.45) is 2.78. The zero-order chi connectivity index (χ0) is 10.8. The Morgan fingerprint density at radius 2 is 2.33 bits per heavy atom. The molecule has 0 atom stereocenters. The molecule has 1 N–H and O–H groups in total. The fourth-order valence-electron chi connectivity index (χ4n) is 1.51. The molecule has 0 unspecified atom stereocenters. The molecule has 1 aromatic rings. The number of hydrogen-bond acceptors (Lipinski definition) is 4. The van der Waals surface area contributed by atoms with E-state index >= 15 is 0 Å². The van der Waals surface area contributed by atoms with Crippen LogP contribution >= 0.6 is 0 Å². The normalized spacial score (nSPS) is 16.1. The maximum Gasteiger partial charge on any atom is 0.354 e. The molecule has 0 radical (unpaired) electrons. The first-order chi connectivity index (χ1) is 7.16. The molecule has 0 saturated carbocycles. The second kappa shape index (κ2) is 3.94. The SMILES string of the molecule is Cc1cnc(CN2CCC2)nc1C(=O)O. The minimum atomic E-state index is -0.986. The van der Waals surface area contributed by atoms with E-state index in [1.807, 2.05) is 0 Å². The van der Waals surface area contributed by atoms with E-state index in [9.17, 15) is 4.79 Å². The van der Waals surface area contributed by atoms with Gasteiger partial charge in [0.25, 0.3) is 0 Å². The van der Waals surface area contributed by atoms with Crippen molar-refractivity contribution >= 4 is 5.97 Å². The summed E-state index contributed by atoms with van der Waals surface area (Å²) in [5.74, 6) is -0.391. The van der Waals surface area contributed by atoms with Crippen LogP contribution in [0, 0.1) is 6.92 Å². The van der Waals surface area contributed by atoms with Gasteiger partial charge in [0.1, 0.15) is 5.82 Å². The third kappa shape index (κ3) is 2.12. The molecular weight excluding hydrogens is 194 g/mol. The quantitative estimate of drug-likeness (QED) is 0.789. The van der Waals surface area contributed by atoms with Gasteiger partial charge in [-0.3, -0.25) is 4.90 Å². The molecule has 5 heteroatoms. The lowest BCUT2D eigenvalue weighted by molar-refractivity contribution is 0.0688. The van der Waals surface area contributed by atoms with Crippen LogP contribution in [0.5, 0.6) is 0 Å². The van der Waals surface area contributed by atoms with Crippen LogP contribution in [0.2, 0.25) is 0 Å². The number of aromatic carboxylic acids is 1. The van der Waals surface area contributed by atoms with Crippen LogP contribution in [0.3, 0.4) is 0 Å². The Labute approximate surface area is 87.8 Å². The number of hydrogen-bond donors (Lipinski definition) is 1. The van der Waals surface area contributed by atoms with Crippen molar-refractivity contribution in [3.8, 4) is 0 Å². The summed E-state index contributed by atoms with van der Waals surface area (Å²) in [5.41, 5.74) is 0.718. The van der Waals surface area contributed by atoms with Gasteiger partial charge in [0.05, 0.1) is 6.54 Å². The highest BCUT2D eigenvalue weighted by Gasteiger charge is 2.17. The zero-order valence-electron chi connectivity index (χ0n) is 8.60. The molecule has 1 aliphatic rings. The van der Waals surface area contributed by atoms with Gasteiger partial charge in [0.15, 0.2) is 5.69 Å². The van der Waals surface area contributed by atoms with Gasteiger partial charge in [-0.25, -0.2) is 14.8 Å². The number of nitrogens with zero attached hydrogens (tertiary/aromatic N) is 3. The highest BCUT2D eigenvalue weighted by molar-refractivity contribution is 5.86. The van der Waals surface area contributed by atoms with Crippen molar-refractivity contribution in [1.82, 2.24) is 14.9 Å². The van der Waals surface area contributed by atoms with Crippen molar-refractivity contribution in [1.29, 1.82) is 0 Å². The van der Waals surface area contributed by atoms with Gasteiger partial charge in [-0.2, -0.15) is 0 Å². The Hall–Kier alpha value is -1.49. The van der Waals surface area contributed by atoms with E-state index in [1.54, 1.807) is 13.1 Å². The number of carboxylic acids is 1. The van der Waals surface area contributed by atoms with Crippen LogP contribution in [0.4, 0.5) is 0 Å². The average molecular weight is 207 g/mol.